The van der Waals surface area contributed by atoms with Crippen LogP contribution >= 0.6 is 0 Å². The first kappa shape index (κ1) is 14.3. The van der Waals surface area contributed by atoms with E-state index in [4.69, 9.17) is 5.73 Å². The van der Waals surface area contributed by atoms with Gasteiger partial charge in [-0.15, -0.1) is 0 Å². The number of hydrogen-bond donors (Lipinski definition) is 1. The predicted octanol–water partition coefficient (Wildman–Crippen LogP) is 1.44. The van der Waals surface area contributed by atoms with Gasteiger partial charge in [0.1, 0.15) is 4.90 Å². The zero-order chi connectivity index (χ0) is 14.0. The average molecular weight is 286 g/mol. The van der Waals surface area contributed by atoms with Crippen molar-refractivity contribution in [1.29, 1.82) is 0 Å². The Labute approximate surface area is 114 Å². The summed E-state index contributed by atoms with van der Waals surface area (Å²) >= 11 is 0. The first-order chi connectivity index (χ1) is 8.96. The minimum Gasteiger partial charge on any atom is -0.381 e. The van der Waals surface area contributed by atoms with Crippen molar-refractivity contribution < 1.29 is 8.42 Å². The molecule has 1 aliphatic rings. The lowest BCUT2D eigenvalue weighted by atomic mass is 10.3. The Morgan fingerprint density at radius 3 is 2.68 bits per heavy atom. The number of anilines is 1. The summed E-state index contributed by atoms with van der Waals surface area (Å²) in [7, 11) is -1.88. The van der Waals surface area contributed by atoms with Gasteiger partial charge in [0, 0.05) is 25.8 Å². The molecule has 1 heterocycles. The Morgan fingerprint density at radius 1 is 1.47 bits per heavy atom. The molecular formula is C12H22N4O2S. The maximum absolute atomic E-state index is 12.6. The number of aryl methyl sites for hydroxylation is 1. The van der Waals surface area contributed by atoms with Crippen LogP contribution in [0.2, 0.25) is 0 Å². The lowest BCUT2D eigenvalue weighted by Crippen LogP contribution is -2.35. The van der Waals surface area contributed by atoms with Crippen LogP contribution < -0.4 is 5.73 Å². The van der Waals surface area contributed by atoms with Gasteiger partial charge < -0.3 is 5.73 Å². The van der Waals surface area contributed by atoms with Crippen LogP contribution in [0, 0.1) is 0 Å². The predicted molar refractivity (Wildman–Crippen MR) is 74.1 cm³/mol. The molecule has 0 aromatic carbocycles. The molecule has 1 aromatic rings. The van der Waals surface area contributed by atoms with E-state index in [1.54, 1.807) is 17.9 Å². The molecule has 1 aromatic heterocycles. The Bertz CT molecular complexity index is 532. The van der Waals surface area contributed by atoms with E-state index in [0.29, 0.717) is 6.54 Å². The molecule has 19 heavy (non-hydrogen) atoms. The Hall–Kier alpha value is -1.08. The molecule has 1 aliphatic carbocycles. The minimum absolute atomic E-state index is 0.0956. The molecule has 6 nitrogen and oxygen atoms in total. The molecule has 1 saturated carbocycles. The number of rotatable bonds is 5. The van der Waals surface area contributed by atoms with Crippen LogP contribution in [0.15, 0.2) is 11.1 Å². The summed E-state index contributed by atoms with van der Waals surface area (Å²) in [6.07, 6.45) is 6.47. The van der Waals surface area contributed by atoms with Gasteiger partial charge in [-0.25, -0.2) is 8.42 Å². The van der Waals surface area contributed by atoms with E-state index >= 15 is 0 Å². The van der Waals surface area contributed by atoms with Crippen LogP contribution in [0.4, 0.5) is 5.82 Å². The molecule has 0 amide bonds. The second-order valence-electron chi connectivity index (χ2n) is 5.10. The Morgan fingerprint density at radius 2 is 2.11 bits per heavy atom. The molecule has 0 unspecified atom stereocenters. The van der Waals surface area contributed by atoms with Gasteiger partial charge in [-0.2, -0.15) is 9.40 Å². The summed E-state index contributed by atoms with van der Waals surface area (Å²) in [5.74, 6) is 0.0956. The van der Waals surface area contributed by atoms with Gasteiger partial charge in [0.2, 0.25) is 10.0 Å². The van der Waals surface area contributed by atoms with Crippen molar-refractivity contribution in [2.45, 2.75) is 56.5 Å². The third kappa shape index (κ3) is 2.76. The SMILES string of the molecule is CCCn1cc(S(=O)(=O)N(C)C2CCCC2)c(N)n1. The fourth-order valence-electron chi connectivity index (χ4n) is 2.58. The van der Waals surface area contributed by atoms with Gasteiger partial charge in [0.15, 0.2) is 5.82 Å². The second kappa shape index (κ2) is 5.50. The molecule has 2 rings (SSSR count). The molecule has 0 atom stereocenters. The van der Waals surface area contributed by atoms with E-state index in [-0.39, 0.29) is 16.8 Å². The summed E-state index contributed by atoms with van der Waals surface area (Å²) in [6.45, 7) is 2.68. The van der Waals surface area contributed by atoms with Gasteiger partial charge in [-0.05, 0) is 19.3 Å². The third-order valence-electron chi connectivity index (χ3n) is 3.70. The fourth-order valence-corrected chi connectivity index (χ4v) is 4.05. The van der Waals surface area contributed by atoms with E-state index in [2.05, 4.69) is 5.10 Å². The van der Waals surface area contributed by atoms with E-state index in [1.165, 1.54) is 4.31 Å². The van der Waals surface area contributed by atoms with Crippen molar-refractivity contribution in [3.63, 3.8) is 0 Å². The van der Waals surface area contributed by atoms with E-state index in [9.17, 15) is 8.42 Å². The molecule has 0 spiro atoms. The monoisotopic (exact) mass is 286 g/mol. The summed E-state index contributed by atoms with van der Waals surface area (Å²) in [4.78, 5) is 0.135. The molecule has 108 valence electrons. The van der Waals surface area contributed by atoms with Crippen molar-refractivity contribution in [3.8, 4) is 0 Å². The molecule has 7 heteroatoms. The summed E-state index contributed by atoms with van der Waals surface area (Å²) < 4.78 is 28.2. The molecule has 0 saturated heterocycles. The van der Waals surface area contributed by atoms with Gasteiger partial charge in [0.25, 0.3) is 0 Å². The first-order valence-electron chi connectivity index (χ1n) is 6.77. The number of hydrogen-bond acceptors (Lipinski definition) is 4. The highest BCUT2D eigenvalue weighted by Crippen LogP contribution is 2.28. The number of nitrogens with zero attached hydrogens (tertiary/aromatic N) is 3. The van der Waals surface area contributed by atoms with Gasteiger partial charge in [-0.3, -0.25) is 4.68 Å². The quantitative estimate of drug-likeness (QED) is 0.888. The second-order valence-corrected chi connectivity index (χ2v) is 7.07. The number of nitrogens with two attached hydrogens (primary N) is 1. The highest BCUT2D eigenvalue weighted by molar-refractivity contribution is 7.89. The smallest absolute Gasteiger partial charge is 0.248 e. The highest BCUT2D eigenvalue weighted by Gasteiger charge is 2.32. The van der Waals surface area contributed by atoms with Crippen LogP contribution in [0.1, 0.15) is 39.0 Å². The zero-order valence-electron chi connectivity index (χ0n) is 11.5. The van der Waals surface area contributed by atoms with Crippen LogP contribution in [-0.4, -0.2) is 35.6 Å². The van der Waals surface area contributed by atoms with Crippen molar-refractivity contribution in [1.82, 2.24) is 14.1 Å². The molecule has 0 radical (unpaired) electrons. The van der Waals surface area contributed by atoms with Gasteiger partial charge in [0.05, 0.1) is 0 Å². The summed E-state index contributed by atoms with van der Waals surface area (Å²) in [5.41, 5.74) is 5.76. The largest absolute Gasteiger partial charge is 0.381 e. The van der Waals surface area contributed by atoms with Crippen LogP contribution in [0.5, 0.6) is 0 Å². The van der Waals surface area contributed by atoms with Crippen LogP contribution in [-0.2, 0) is 16.6 Å². The first-order valence-corrected chi connectivity index (χ1v) is 8.21. The standard InChI is InChI=1S/C12H22N4O2S/c1-3-8-16-9-11(12(13)14-16)19(17,18)15(2)10-6-4-5-7-10/h9-10H,3-8H2,1-2H3,(H2,13,14). The maximum Gasteiger partial charge on any atom is 0.248 e. The zero-order valence-corrected chi connectivity index (χ0v) is 12.4. The summed E-state index contributed by atoms with van der Waals surface area (Å²) in [6, 6.07) is 0.0962. The Balaban J connectivity index is 2.27. The fraction of sp³-hybridized carbons (Fsp3) is 0.750. The van der Waals surface area contributed by atoms with Crippen LogP contribution in [0.3, 0.4) is 0 Å². The van der Waals surface area contributed by atoms with Gasteiger partial charge in [-0.1, -0.05) is 19.8 Å². The molecule has 0 bridgehead atoms. The molecule has 2 N–H and O–H groups in total. The van der Waals surface area contributed by atoms with Crippen LogP contribution in [0.25, 0.3) is 0 Å². The van der Waals surface area contributed by atoms with Gasteiger partial charge >= 0.3 is 0 Å². The molecule has 1 fully saturated rings. The number of nitrogen functional groups attached to an aromatic ring is 1. The Kier molecular flexibility index (Phi) is 4.15. The highest BCUT2D eigenvalue weighted by atomic mass is 32.2. The molecular weight excluding hydrogens is 264 g/mol. The lowest BCUT2D eigenvalue weighted by Gasteiger charge is -2.22. The van der Waals surface area contributed by atoms with E-state index in [1.807, 2.05) is 6.92 Å². The average Bonchev–Trinajstić information content (AvgIpc) is 2.98. The number of aromatic nitrogens is 2. The maximum atomic E-state index is 12.6. The topological polar surface area (TPSA) is 81.2 Å². The third-order valence-corrected chi connectivity index (χ3v) is 5.63. The minimum atomic E-state index is -3.53. The van der Waals surface area contributed by atoms with Crippen molar-refractivity contribution in [2.75, 3.05) is 12.8 Å². The normalized spacial score (nSPS) is 17.4. The van der Waals surface area contributed by atoms with Crippen molar-refractivity contribution in [3.05, 3.63) is 6.20 Å². The lowest BCUT2D eigenvalue weighted by molar-refractivity contribution is 0.373. The van der Waals surface area contributed by atoms with E-state index < -0.39 is 10.0 Å². The molecule has 0 aliphatic heterocycles. The van der Waals surface area contributed by atoms with E-state index in [0.717, 1.165) is 32.1 Å². The van der Waals surface area contributed by atoms with Crippen molar-refractivity contribution >= 4 is 15.8 Å². The van der Waals surface area contributed by atoms with Crippen molar-refractivity contribution in [2.24, 2.45) is 0 Å². The summed E-state index contributed by atoms with van der Waals surface area (Å²) in [5, 5.41) is 4.06. The number of sulfonamides is 1.